The van der Waals surface area contributed by atoms with E-state index in [0.29, 0.717) is 26.2 Å². The topological polar surface area (TPSA) is 76.7 Å². The van der Waals surface area contributed by atoms with Gasteiger partial charge in [0.1, 0.15) is 9.88 Å². The molecule has 1 aromatic heterocycles. The Hall–Kier alpha value is -2.16. The largest absolute Gasteiger partial charge is 0.465 e. The van der Waals surface area contributed by atoms with Gasteiger partial charge in [-0.3, -0.25) is 0 Å². The maximum Gasteiger partial charge on any atom is 0.348 e. The molecule has 6 nitrogen and oxygen atoms in total. The quantitative estimate of drug-likeness (QED) is 0.569. The Morgan fingerprint density at radius 3 is 2.35 bits per heavy atom. The number of ether oxygens (including phenoxy) is 2. The highest BCUT2D eigenvalue weighted by Gasteiger charge is 2.26. The summed E-state index contributed by atoms with van der Waals surface area (Å²) < 4.78 is 9.56. The van der Waals surface area contributed by atoms with Gasteiger partial charge in [0.05, 0.1) is 19.8 Å². The van der Waals surface area contributed by atoms with Crippen molar-refractivity contribution in [3.63, 3.8) is 0 Å². The molecule has 0 saturated heterocycles. The number of hydrogen-bond donors (Lipinski definition) is 2. The Morgan fingerprint density at radius 1 is 1.12 bits per heavy atom. The van der Waals surface area contributed by atoms with E-state index in [9.17, 15) is 9.59 Å². The molecular formula is C17H17ClN2O4S2. The predicted octanol–water partition coefficient (Wildman–Crippen LogP) is 4.40. The predicted molar refractivity (Wildman–Crippen MR) is 108 cm³/mol. The minimum atomic E-state index is -0.572. The fourth-order valence-corrected chi connectivity index (χ4v) is 3.76. The SMILES string of the molecule is COC(=O)c1sc(NC(=S)Nc2ccc(C)c(Cl)c2)c(C(=O)OC)c1C. The highest BCUT2D eigenvalue weighted by atomic mass is 35.5. The third-order valence-electron chi connectivity index (χ3n) is 3.56. The Labute approximate surface area is 165 Å². The minimum absolute atomic E-state index is 0.240. The van der Waals surface area contributed by atoms with Crippen LogP contribution in [0.5, 0.6) is 0 Å². The number of thiocarbonyl (C=S) groups is 1. The highest BCUT2D eigenvalue weighted by Crippen LogP contribution is 2.34. The molecule has 26 heavy (non-hydrogen) atoms. The molecule has 0 unspecified atom stereocenters. The lowest BCUT2D eigenvalue weighted by Crippen LogP contribution is -2.20. The van der Waals surface area contributed by atoms with E-state index in [1.165, 1.54) is 14.2 Å². The lowest BCUT2D eigenvalue weighted by Gasteiger charge is -2.11. The maximum atomic E-state index is 12.1. The van der Waals surface area contributed by atoms with Crippen molar-refractivity contribution >= 4 is 62.9 Å². The van der Waals surface area contributed by atoms with Gasteiger partial charge in [-0.05, 0) is 49.3 Å². The van der Waals surface area contributed by atoms with E-state index in [0.717, 1.165) is 16.9 Å². The van der Waals surface area contributed by atoms with Crippen LogP contribution in [0.3, 0.4) is 0 Å². The molecule has 1 aromatic carbocycles. The summed E-state index contributed by atoms with van der Waals surface area (Å²) in [6.45, 7) is 3.55. The number of carbonyl (C=O) groups excluding carboxylic acids is 2. The summed E-state index contributed by atoms with van der Waals surface area (Å²) >= 11 is 12.5. The van der Waals surface area contributed by atoms with Crippen LogP contribution in [0.25, 0.3) is 0 Å². The molecule has 138 valence electrons. The second-order valence-electron chi connectivity index (χ2n) is 5.29. The second-order valence-corrected chi connectivity index (χ2v) is 7.12. The van der Waals surface area contributed by atoms with Gasteiger partial charge in [0.2, 0.25) is 0 Å². The summed E-state index contributed by atoms with van der Waals surface area (Å²) in [6, 6.07) is 5.43. The molecule has 0 aliphatic heterocycles. The van der Waals surface area contributed by atoms with Crippen molar-refractivity contribution in [1.82, 2.24) is 0 Å². The first-order valence-corrected chi connectivity index (χ1v) is 9.03. The zero-order valence-electron chi connectivity index (χ0n) is 14.6. The smallest absolute Gasteiger partial charge is 0.348 e. The fourth-order valence-electron chi connectivity index (χ4n) is 2.17. The highest BCUT2D eigenvalue weighted by molar-refractivity contribution is 7.80. The molecule has 9 heteroatoms. The summed E-state index contributed by atoms with van der Waals surface area (Å²) in [7, 11) is 2.55. The standard InChI is InChI=1S/C17H17ClN2O4S2/c1-8-5-6-10(7-11(8)18)19-17(25)20-14-12(15(21)23-3)9(2)13(26-14)16(22)24-4/h5-7H,1-4H3,(H2,19,20,25). The Bertz CT molecular complexity index is 880. The van der Waals surface area contributed by atoms with E-state index in [1.54, 1.807) is 13.0 Å². The molecule has 0 bridgehead atoms. The molecule has 0 fully saturated rings. The van der Waals surface area contributed by atoms with Gasteiger partial charge in [-0.2, -0.15) is 0 Å². The van der Waals surface area contributed by atoms with Crippen molar-refractivity contribution in [2.24, 2.45) is 0 Å². The average molecular weight is 413 g/mol. The summed E-state index contributed by atoms with van der Waals surface area (Å²) in [5.41, 5.74) is 2.35. The number of methoxy groups -OCH3 is 2. The van der Waals surface area contributed by atoms with Crippen molar-refractivity contribution in [3.8, 4) is 0 Å². The van der Waals surface area contributed by atoms with Crippen LogP contribution in [0.2, 0.25) is 5.02 Å². The molecule has 0 atom stereocenters. The summed E-state index contributed by atoms with van der Waals surface area (Å²) in [4.78, 5) is 24.3. The van der Waals surface area contributed by atoms with Crippen LogP contribution in [0, 0.1) is 13.8 Å². The number of rotatable bonds is 4. The molecule has 0 aliphatic rings. The maximum absolute atomic E-state index is 12.1. The number of nitrogens with one attached hydrogen (secondary N) is 2. The zero-order chi connectivity index (χ0) is 19.4. The third kappa shape index (κ3) is 4.32. The second kappa shape index (κ2) is 8.48. The van der Waals surface area contributed by atoms with Crippen LogP contribution in [0.15, 0.2) is 18.2 Å². The van der Waals surface area contributed by atoms with Gasteiger partial charge in [0.25, 0.3) is 0 Å². The number of carbonyl (C=O) groups is 2. The lowest BCUT2D eigenvalue weighted by molar-refractivity contribution is 0.0601. The summed E-state index contributed by atoms with van der Waals surface area (Å²) in [5.74, 6) is -1.10. The summed E-state index contributed by atoms with van der Waals surface area (Å²) in [5, 5.41) is 7.17. The molecule has 0 spiro atoms. The minimum Gasteiger partial charge on any atom is -0.465 e. The van der Waals surface area contributed by atoms with Gasteiger partial charge in [-0.1, -0.05) is 17.7 Å². The van der Waals surface area contributed by atoms with Gasteiger partial charge in [-0.15, -0.1) is 11.3 Å². The van der Waals surface area contributed by atoms with E-state index >= 15 is 0 Å². The first-order valence-electron chi connectivity index (χ1n) is 7.42. The number of halogens is 1. The molecule has 2 N–H and O–H groups in total. The van der Waals surface area contributed by atoms with E-state index in [4.69, 9.17) is 33.3 Å². The Kier molecular flexibility index (Phi) is 6.57. The van der Waals surface area contributed by atoms with E-state index in [2.05, 4.69) is 10.6 Å². The van der Waals surface area contributed by atoms with Gasteiger partial charge >= 0.3 is 11.9 Å². The van der Waals surface area contributed by atoms with Crippen LogP contribution in [-0.4, -0.2) is 31.3 Å². The molecule has 0 amide bonds. The molecule has 1 heterocycles. The summed E-state index contributed by atoms with van der Waals surface area (Å²) in [6.07, 6.45) is 0. The van der Waals surface area contributed by atoms with Crippen LogP contribution in [0.1, 0.15) is 31.2 Å². The Morgan fingerprint density at radius 2 is 1.77 bits per heavy atom. The average Bonchev–Trinajstić information content (AvgIpc) is 2.92. The lowest BCUT2D eigenvalue weighted by atomic mass is 10.1. The molecule has 0 aliphatic carbocycles. The van der Waals surface area contributed by atoms with Crippen molar-refractivity contribution < 1.29 is 19.1 Å². The van der Waals surface area contributed by atoms with Gasteiger partial charge in [-0.25, -0.2) is 9.59 Å². The first-order chi connectivity index (χ1) is 12.3. The number of aryl methyl sites for hydroxylation is 1. The van der Waals surface area contributed by atoms with Gasteiger partial charge in [0.15, 0.2) is 5.11 Å². The monoisotopic (exact) mass is 412 g/mol. The van der Waals surface area contributed by atoms with Crippen molar-refractivity contribution in [3.05, 3.63) is 44.8 Å². The van der Waals surface area contributed by atoms with Gasteiger partial charge < -0.3 is 20.1 Å². The van der Waals surface area contributed by atoms with Crippen molar-refractivity contribution in [1.29, 1.82) is 0 Å². The van der Waals surface area contributed by atoms with Crippen LogP contribution in [-0.2, 0) is 9.47 Å². The van der Waals surface area contributed by atoms with Crippen molar-refractivity contribution in [2.75, 3.05) is 24.9 Å². The Balaban J connectivity index is 2.29. The van der Waals surface area contributed by atoms with E-state index in [1.807, 2.05) is 19.1 Å². The van der Waals surface area contributed by atoms with Crippen molar-refractivity contribution in [2.45, 2.75) is 13.8 Å². The number of hydrogen-bond acceptors (Lipinski definition) is 6. The van der Waals surface area contributed by atoms with Gasteiger partial charge in [0, 0.05) is 10.7 Å². The third-order valence-corrected chi connectivity index (χ3v) is 5.36. The molecule has 0 radical (unpaired) electrons. The number of thiophene rings is 1. The van der Waals surface area contributed by atoms with Crippen LogP contribution >= 0.6 is 35.2 Å². The molecule has 2 rings (SSSR count). The number of esters is 2. The molecule has 0 saturated carbocycles. The fraction of sp³-hybridized carbons (Fsp3) is 0.235. The molecular weight excluding hydrogens is 396 g/mol. The first kappa shape index (κ1) is 20.2. The van der Waals surface area contributed by atoms with E-state index < -0.39 is 11.9 Å². The zero-order valence-corrected chi connectivity index (χ0v) is 16.9. The van der Waals surface area contributed by atoms with E-state index in [-0.39, 0.29) is 10.7 Å². The number of anilines is 2. The normalized spacial score (nSPS) is 10.2. The molecule has 2 aromatic rings. The van der Waals surface area contributed by atoms with Crippen LogP contribution in [0.4, 0.5) is 10.7 Å². The number of benzene rings is 1. The van der Waals surface area contributed by atoms with Crippen LogP contribution < -0.4 is 10.6 Å².